The monoisotopic (exact) mass is 683 g/mol. The summed E-state index contributed by atoms with van der Waals surface area (Å²) in [5.41, 5.74) is 3.84. The van der Waals surface area contributed by atoms with E-state index in [9.17, 15) is 27.2 Å². The number of carboxylic acids is 1. The maximum Gasteiger partial charge on any atom is 0.490 e. The molecule has 0 spiro atoms. The molecule has 1 aliphatic heterocycles. The maximum absolute atomic E-state index is 14.3. The molecule has 16 heteroatoms. The van der Waals surface area contributed by atoms with Crippen molar-refractivity contribution in [1.82, 2.24) is 29.5 Å². The van der Waals surface area contributed by atoms with Crippen LogP contribution in [0.5, 0.6) is 0 Å². The first-order chi connectivity index (χ1) is 22.8. The Balaban J connectivity index is 0.000000582. The zero-order valence-electron chi connectivity index (χ0n) is 25.0. The number of halogens is 5. The zero-order valence-corrected chi connectivity index (χ0v) is 25.8. The molecule has 11 nitrogen and oxygen atoms in total. The Kier molecular flexibility index (Phi) is 9.98. The Labute approximate surface area is 274 Å². The van der Waals surface area contributed by atoms with Crippen molar-refractivity contribution in [2.24, 2.45) is 5.92 Å². The van der Waals surface area contributed by atoms with Crippen LogP contribution in [0.15, 0.2) is 84.3 Å². The lowest BCUT2D eigenvalue weighted by Gasteiger charge is -2.23. The molecule has 4 heterocycles. The minimum atomic E-state index is -5.08. The van der Waals surface area contributed by atoms with Gasteiger partial charge in [-0.05, 0) is 66.9 Å². The summed E-state index contributed by atoms with van der Waals surface area (Å²) in [5, 5.41) is 18.5. The van der Waals surface area contributed by atoms with Crippen LogP contribution in [-0.4, -0.2) is 52.7 Å². The number of amides is 1. The predicted molar refractivity (Wildman–Crippen MR) is 167 cm³/mol. The van der Waals surface area contributed by atoms with Crippen molar-refractivity contribution in [3.63, 3.8) is 0 Å². The largest absolute Gasteiger partial charge is 0.490 e. The standard InChI is InChI=1S/C30H25ClFN7O2.C2HF3O2/c1-18-3-2-4-28(26-13-19(9-10-33-26)22-15-21(32)6-7-24(22)36-30(18)41)38-17-34-25(16-29(38)40)23-14-20(31)5-8-27(23)39-12-11-35-37-39;3-2(4,5)1(6)7/h5-18,28H,2-4H2,1H3,(H,36,41);(H,6,7)/t18-,28+;/m1./s1. The van der Waals surface area contributed by atoms with Crippen LogP contribution < -0.4 is 10.9 Å². The molecule has 0 fully saturated rings. The molecule has 248 valence electrons. The van der Waals surface area contributed by atoms with E-state index in [-0.39, 0.29) is 17.4 Å². The van der Waals surface area contributed by atoms with Gasteiger partial charge in [-0.3, -0.25) is 19.1 Å². The van der Waals surface area contributed by atoms with Crippen molar-refractivity contribution in [3.8, 4) is 28.1 Å². The number of carbonyl (C=O) groups is 2. The number of hydrogen-bond donors (Lipinski definition) is 2. The molecule has 0 saturated heterocycles. The molecular weight excluding hydrogens is 658 g/mol. The van der Waals surface area contributed by atoms with E-state index >= 15 is 0 Å². The van der Waals surface area contributed by atoms with Crippen molar-refractivity contribution in [2.45, 2.75) is 38.4 Å². The molecule has 6 rings (SSSR count). The van der Waals surface area contributed by atoms with E-state index in [2.05, 4.69) is 25.6 Å². The quantitative estimate of drug-likeness (QED) is 0.210. The normalized spacial score (nSPS) is 16.3. The maximum atomic E-state index is 14.3. The molecule has 0 unspecified atom stereocenters. The van der Waals surface area contributed by atoms with Crippen LogP contribution in [0.25, 0.3) is 28.1 Å². The van der Waals surface area contributed by atoms with Gasteiger partial charge in [0.15, 0.2) is 0 Å². The molecule has 0 saturated carbocycles. The second-order valence-corrected chi connectivity index (χ2v) is 11.3. The Morgan fingerprint density at radius 3 is 2.46 bits per heavy atom. The van der Waals surface area contributed by atoms with Crippen LogP contribution >= 0.6 is 11.6 Å². The lowest BCUT2D eigenvalue weighted by Crippen LogP contribution is -2.27. The summed E-state index contributed by atoms with van der Waals surface area (Å²) < 4.78 is 49.2. The number of hydrogen-bond acceptors (Lipinski definition) is 7. The Bertz CT molecular complexity index is 2020. The number of nitrogens with one attached hydrogen (secondary N) is 1. The number of rotatable bonds is 3. The number of aliphatic carboxylic acids is 1. The summed E-state index contributed by atoms with van der Waals surface area (Å²) >= 11 is 6.30. The third-order valence-corrected chi connectivity index (χ3v) is 7.79. The molecule has 48 heavy (non-hydrogen) atoms. The van der Waals surface area contributed by atoms with Gasteiger partial charge in [-0.15, -0.1) is 5.10 Å². The number of aromatic nitrogens is 6. The summed E-state index contributed by atoms with van der Waals surface area (Å²) in [6.45, 7) is 1.86. The molecule has 0 aliphatic carbocycles. The van der Waals surface area contributed by atoms with Crippen LogP contribution in [0.1, 0.15) is 37.9 Å². The second-order valence-electron chi connectivity index (χ2n) is 10.8. The highest BCUT2D eigenvalue weighted by molar-refractivity contribution is 6.31. The fourth-order valence-electron chi connectivity index (χ4n) is 5.14. The van der Waals surface area contributed by atoms with Gasteiger partial charge < -0.3 is 10.4 Å². The summed E-state index contributed by atoms with van der Waals surface area (Å²) in [5.74, 6) is -3.60. The number of benzene rings is 2. The Hall–Kier alpha value is -5.44. The van der Waals surface area contributed by atoms with E-state index in [0.29, 0.717) is 63.7 Å². The van der Waals surface area contributed by atoms with Gasteiger partial charge in [0, 0.05) is 40.0 Å². The van der Waals surface area contributed by atoms with Gasteiger partial charge in [0.1, 0.15) is 5.82 Å². The van der Waals surface area contributed by atoms with E-state index < -0.39 is 24.0 Å². The summed E-state index contributed by atoms with van der Waals surface area (Å²) in [6, 6.07) is 14.1. The molecule has 2 aromatic carbocycles. The smallest absolute Gasteiger partial charge is 0.475 e. The SMILES string of the molecule is C[C@@H]1CCC[C@H](n2cnc(-c3cc(Cl)ccc3-n3ccnn3)cc2=O)c2cc(ccn2)-c2cc(F)ccc2NC1=O.O=C(O)C(F)(F)F. The van der Waals surface area contributed by atoms with Gasteiger partial charge in [-0.25, -0.2) is 18.9 Å². The highest BCUT2D eigenvalue weighted by Crippen LogP contribution is 2.34. The first-order valence-electron chi connectivity index (χ1n) is 14.4. The van der Waals surface area contributed by atoms with Gasteiger partial charge in [-0.2, -0.15) is 13.2 Å². The number of anilines is 1. The van der Waals surface area contributed by atoms with Gasteiger partial charge >= 0.3 is 12.1 Å². The lowest BCUT2D eigenvalue weighted by molar-refractivity contribution is -0.192. The van der Waals surface area contributed by atoms with E-state index in [1.54, 1.807) is 58.2 Å². The third-order valence-electron chi connectivity index (χ3n) is 7.55. The fraction of sp³-hybridized carbons (Fsp3) is 0.219. The molecule has 2 bridgehead atoms. The van der Waals surface area contributed by atoms with Crippen LogP contribution in [-0.2, 0) is 9.59 Å². The molecular formula is C32H26ClF4N7O4. The van der Waals surface area contributed by atoms with Crippen LogP contribution in [0, 0.1) is 11.7 Å². The first kappa shape index (κ1) is 33.9. The number of alkyl halides is 3. The van der Waals surface area contributed by atoms with Crippen molar-refractivity contribution in [1.29, 1.82) is 0 Å². The van der Waals surface area contributed by atoms with Crippen molar-refractivity contribution in [2.75, 3.05) is 5.32 Å². The zero-order chi connectivity index (χ0) is 34.6. The molecule has 5 aromatic rings. The van der Waals surface area contributed by atoms with Crippen LogP contribution in [0.2, 0.25) is 5.02 Å². The molecule has 2 atom stereocenters. The average Bonchev–Trinajstić information content (AvgIpc) is 3.58. The lowest BCUT2D eigenvalue weighted by atomic mass is 9.95. The van der Waals surface area contributed by atoms with Gasteiger partial charge in [0.25, 0.3) is 5.56 Å². The second kappa shape index (κ2) is 14.1. The predicted octanol–water partition coefficient (Wildman–Crippen LogP) is 6.33. The van der Waals surface area contributed by atoms with Gasteiger partial charge in [0.05, 0.1) is 41.8 Å². The van der Waals surface area contributed by atoms with Crippen LogP contribution in [0.3, 0.4) is 0 Å². The average molecular weight is 684 g/mol. The third kappa shape index (κ3) is 7.74. The Morgan fingerprint density at radius 1 is 1.00 bits per heavy atom. The molecule has 1 aliphatic rings. The number of carboxylic acid groups (broad SMARTS) is 1. The number of pyridine rings is 1. The highest BCUT2D eigenvalue weighted by Gasteiger charge is 2.38. The minimum Gasteiger partial charge on any atom is -0.475 e. The highest BCUT2D eigenvalue weighted by atomic mass is 35.5. The number of carbonyl (C=O) groups excluding carboxylic acids is 1. The summed E-state index contributed by atoms with van der Waals surface area (Å²) in [6.07, 6.45) is 3.13. The first-order valence-corrected chi connectivity index (χ1v) is 14.8. The summed E-state index contributed by atoms with van der Waals surface area (Å²) in [7, 11) is 0. The van der Waals surface area contributed by atoms with Crippen molar-refractivity contribution >= 4 is 29.2 Å². The van der Waals surface area contributed by atoms with Gasteiger partial charge in [0.2, 0.25) is 5.91 Å². The fourth-order valence-corrected chi connectivity index (χ4v) is 5.31. The van der Waals surface area contributed by atoms with E-state index in [1.165, 1.54) is 24.5 Å². The molecule has 1 amide bonds. The van der Waals surface area contributed by atoms with E-state index in [0.717, 1.165) is 0 Å². The van der Waals surface area contributed by atoms with Crippen molar-refractivity contribution < 1.29 is 32.3 Å². The molecule has 3 aromatic heterocycles. The topological polar surface area (TPSA) is 145 Å². The van der Waals surface area contributed by atoms with Crippen LogP contribution in [0.4, 0.5) is 23.2 Å². The number of fused-ring (bicyclic) bond motifs is 4. The molecule has 0 radical (unpaired) electrons. The summed E-state index contributed by atoms with van der Waals surface area (Å²) in [4.78, 5) is 44.7. The van der Waals surface area contributed by atoms with Gasteiger partial charge in [-0.1, -0.05) is 30.2 Å². The molecule has 2 N–H and O–H groups in total. The van der Waals surface area contributed by atoms with Crippen molar-refractivity contribution in [3.05, 3.63) is 106 Å². The van der Waals surface area contributed by atoms with E-state index in [4.69, 9.17) is 21.5 Å². The number of nitrogens with zero attached hydrogens (tertiary/aromatic N) is 6. The van der Waals surface area contributed by atoms with E-state index in [1.807, 2.05) is 13.0 Å². The minimum absolute atomic E-state index is 0.142. The Morgan fingerprint density at radius 2 is 1.77 bits per heavy atom.